The molecule has 0 unspecified atom stereocenters. The Kier molecular flexibility index (Phi) is 4.88. The standard InChI is InChI=1S/C16H23NO3/c1-17(12-8-5-3-4-6-9-12)16(19)13-10-7-11-14(20-2)15(13)18/h7,10-12,18H,3-6,8-9H2,1-2H3. The number of hydrogen-bond donors (Lipinski definition) is 1. The zero-order valence-corrected chi connectivity index (χ0v) is 12.3. The molecule has 0 spiro atoms. The summed E-state index contributed by atoms with van der Waals surface area (Å²) in [7, 11) is 3.32. The molecular formula is C16H23NO3. The summed E-state index contributed by atoms with van der Waals surface area (Å²) in [6.07, 6.45) is 6.95. The van der Waals surface area contributed by atoms with Gasteiger partial charge < -0.3 is 14.7 Å². The number of phenolic OH excluding ortho intramolecular Hbond substituents is 1. The number of carbonyl (C=O) groups excluding carboxylic acids is 1. The lowest BCUT2D eigenvalue weighted by molar-refractivity contribution is 0.0714. The predicted molar refractivity (Wildman–Crippen MR) is 78.2 cm³/mol. The molecule has 0 heterocycles. The molecule has 1 aromatic carbocycles. The van der Waals surface area contributed by atoms with Crippen LogP contribution in [0.15, 0.2) is 18.2 Å². The molecule has 1 fully saturated rings. The van der Waals surface area contributed by atoms with Crippen LogP contribution in [0.25, 0.3) is 0 Å². The van der Waals surface area contributed by atoms with Crippen molar-refractivity contribution >= 4 is 5.91 Å². The van der Waals surface area contributed by atoms with Crippen LogP contribution in [-0.2, 0) is 0 Å². The molecule has 0 atom stereocenters. The third kappa shape index (κ3) is 3.06. The molecule has 4 nitrogen and oxygen atoms in total. The Labute approximate surface area is 120 Å². The van der Waals surface area contributed by atoms with Crippen LogP contribution in [-0.4, -0.2) is 36.1 Å². The van der Waals surface area contributed by atoms with Crippen molar-refractivity contribution in [2.24, 2.45) is 0 Å². The summed E-state index contributed by atoms with van der Waals surface area (Å²) >= 11 is 0. The van der Waals surface area contributed by atoms with Crippen molar-refractivity contribution < 1.29 is 14.6 Å². The summed E-state index contributed by atoms with van der Waals surface area (Å²) in [4.78, 5) is 14.3. The number of amides is 1. The molecule has 2 rings (SSSR count). The zero-order chi connectivity index (χ0) is 14.5. The average Bonchev–Trinajstić information content (AvgIpc) is 2.75. The van der Waals surface area contributed by atoms with Gasteiger partial charge in [0.15, 0.2) is 11.5 Å². The van der Waals surface area contributed by atoms with Crippen molar-refractivity contribution in [3.05, 3.63) is 23.8 Å². The number of phenols is 1. The number of para-hydroxylation sites is 1. The largest absolute Gasteiger partial charge is 0.504 e. The first-order valence-electron chi connectivity index (χ1n) is 7.28. The first-order valence-corrected chi connectivity index (χ1v) is 7.28. The van der Waals surface area contributed by atoms with Gasteiger partial charge >= 0.3 is 0 Å². The van der Waals surface area contributed by atoms with Crippen molar-refractivity contribution in [3.8, 4) is 11.5 Å². The van der Waals surface area contributed by atoms with E-state index in [-0.39, 0.29) is 17.7 Å². The highest BCUT2D eigenvalue weighted by Gasteiger charge is 2.24. The lowest BCUT2D eigenvalue weighted by Crippen LogP contribution is -2.36. The molecule has 0 bridgehead atoms. The van der Waals surface area contributed by atoms with Gasteiger partial charge in [-0.05, 0) is 25.0 Å². The van der Waals surface area contributed by atoms with E-state index in [0.717, 1.165) is 12.8 Å². The third-order valence-corrected chi connectivity index (χ3v) is 4.14. The lowest BCUT2D eigenvalue weighted by Gasteiger charge is -2.27. The first kappa shape index (κ1) is 14.7. The van der Waals surface area contributed by atoms with Gasteiger partial charge in [0.2, 0.25) is 0 Å². The van der Waals surface area contributed by atoms with E-state index in [9.17, 15) is 9.90 Å². The molecule has 20 heavy (non-hydrogen) atoms. The fourth-order valence-electron chi connectivity index (χ4n) is 2.86. The molecule has 0 radical (unpaired) electrons. The molecular weight excluding hydrogens is 254 g/mol. The quantitative estimate of drug-likeness (QED) is 0.863. The van der Waals surface area contributed by atoms with Gasteiger partial charge in [0, 0.05) is 13.1 Å². The van der Waals surface area contributed by atoms with Crippen molar-refractivity contribution in [1.29, 1.82) is 0 Å². The van der Waals surface area contributed by atoms with E-state index in [1.54, 1.807) is 23.1 Å². The molecule has 0 aliphatic heterocycles. The monoisotopic (exact) mass is 277 g/mol. The van der Waals surface area contributed by atoms with E-state index < -0.39 is 0 Å². The van der Waals surface area contributed by atoms with E-state index in [2.05, 4.69) is 0 Å². The van der Waals surface area contributed by atoms with Crippen LogP contribution in [0.1, 0.15) is 48.9 Å². The topological polar surface area (TPSA) is 49.8 Å². The highest BCUT2D eigenvalue weighted by atomic mass is 16.5. The number of nitrogens with zero attached hydrogens (tertiary/aromatic N) is 1. The van der Waals surface area contributed by atoms with Gasteiger partial charge in [-0.2, -0.15) is 0 Å². The average molecular weight is 277 g/mol. The second kappa shape index (κ2) is 6.64. The number of hydrogen-bond acceptors (Lipinski definition) is 3. The lowest BCUT2D eigenvalue weighted by atomic mass is 10.1. The van der Waals surface area contributed by atoms with Gasteiger partial charge in [0.25, 0.3) is 5.91 Å². The Morgan fingerprint density at radius 1 is 1.25 bits per heavy atom. The van der Waals surface area contributed by atoms with E-state index in [1.807, 2.05) is 7.05 Å². The SMILES string of the molecule is COc1cccc(C(=O)N(C)C2CCCCCC2)c1O. The maximum absolute atomic E-state index is 12.6. The number of aromatic hydroxyl groups is 1. The highest BCUT2D eigenvalue weighted by molar-refractivity contribution is 5.97. The minimum absolute atomic E-state index is 0.0690. The molecule has 1 aliphatic carbocycles. The number of carbonyl (C=O) groups is 1. The summed E-state index contributed by atoms with van der Waals surface area (Å²) < 4.78 is 5.06. The maximum atomic E-state index is 12.6. The Balaban J connectivity index is 2.17. The van der Waals surface area contributed by atoms with Gasteiger partial charge in [-0.25, -0.2) is 0 Å². The summed E-state index contributed by atoms with van der Waals surface area (Å²) in [6.45, 7) is 0. The molecule has 1 aliphatic rings. The summed E-state index contributed by atoms with van der Waals surface area (Å²) in [6, 6.07) is 5.30. The van der Waals surface area contributed by atoms with Gasteiger partial charge in [-0.1, -0.05) is 31.7 Å². The fourth-order valence-corrected chi connectivity index (χ4v) is 2.86. The number of ether oxygens (including phenoxy) is 1. The minimum atomic E-state index is -0.131. The number of rotatable bonds is 3. The Bertz CT molecular complexity index is 465. The van der Waals surface area contributed by atoms with Crippen molar-refractivity contribution in [3.63, 3.8) is 0 Å². The van der Waals surface area contributed by atoms with Crippen LogP contribution in [0, 0.1) is 0 Å². The first-order chi connectivity index (χ1) is 9.65. The fraction of sp³-hybridized carbons (Fsp3) is 0.562. The van der Waals surface area contributed by atoms with Crippen LogP contribution in [0.5, 0.6) is 11.5 Å². The smallest absolute Gasteiger partial charge is 0.257 e. The summed E-state index contributed by atoms with van der Waals surface area (Å²) in [5, 5.41) is 10.1. The molecule has 1 amide bonds. The molecule has 0 aromatic heterocycles. The summed E-state index contributed by atoms with van der Waals surface area (Å²) in [5.41, 5.74) is 0.316. The van der Waals surface area contributed by atoms with Crippen LogP contribution in [0.3, 0.4) is 0 Å². The van der Waals surface area contributed by atoms with Crippen molar-refractivity contribution in [2.45, 2.75) is 44.6 Å². The second-order valence-corrected chi connectivity index (χ2v) is 5.42. The van der Waals surface area contributed by atoms with Crippen LogP contribution in [0.2, 0.25) is 0 Å². The molecule has 110 valence electrons. The highest BCUT2D eigenvalue weighted by Crippen LogP contribution is 2.31. The van der Waals surface area contributed by atoms with Crippen molar-refractivity contribution in [1.82, 2.24) is 4.90 Å². The molecule has 4 heteroatoms. The van der Waals surface area contributed by atoms with Crippen molar-refractivity contribution in [2.75, 3.05) is 14.2 Å². The van der Waals surface area contributed by atoms with E-state index >= 15 is 0 Å². The van der Waals surface area contributed by atoms with E-state index in [4.69, 9.17) is 4.74 Å². The Morgan fingerprint density at radius 2 is 1.90 bits per heavy atom. The van der Waals surface area contributed by atoms with E-state index in [0.29, 0.717) is 11.3 Å². The zero-order valence-electron chi connectivity index (χ0n) is 12.3. The molecule has 0 saturated heterocycles. The third-order valence-electron chi connectivity index (χ3n) is 4.14. The van der Waals surface area contributed by atoms with Crippen LogP contribution in [0.4, 0.5) is 0 Å². The van der Waals surface area contributed by atoms with Gasteiger partial charge in [0.1, 0.15) is 0 Å². The molecule has 1 aromatic rings. The van der Waals surface area contributed by atoms with Gasteiger partial charge in [-0.15, -0.1) is 0 Å². The molecule has 1 N–H and O–H groups in total. The Hall–Kier alpha value is -1.71. The number of methoxy groups -OCH3 is 1. The second-order valence-electron chi connectivity index (χ2n) is 5.42. The van der Waals surface area contributed by atoms with Crippen LogP contribution < -0.4 is 4.74 Å². The predicted octanol–water partition coefficient (Wildman–Crippen LogP) is 3.20. The minimum Gasteiger partial charge on any atom is -0.504 e. The van der Waals surface area contributed by atoms with Gasteiger partial charge in [-0.3, -0.25) is 4.79 Å². The van der Waals surface area contributed by atoms with Crippen LogP contribution >= 0.6 is 0 Å². The number of benzene rings is 1. The van der Waals surface area contributed by atoms with Gasteiger partial charge in [0.05, 0.1) is 12.7 Å². The maximum Gasteiger partial charge on any atom is 0.257 e. The van der Waals surface area contributed by atoms with E-state index in [1.165, 1.54) is 32.8 Å². The normalized spacial score (nSPS) is 16.5. The summed E-state index contributed by atoms with van der Waals surface area (Å²) in [5.74, 6) is 0.138. The Morgan fingerprint density at radius 3 is 2.50 bits per heavy atom. The molecule has 1 saturated carbocycles.